The molecule has 2 rings (SSSR count). The highest BCUT2D eigenvalue weighted by atomic mass is 16.5. The third-order valence-corrected chi connectivity index (χ3v) is 2.92. The number of methoxy groups -OCH3 is 2. The number of benzene rings is 1. The summed E-state index contributed by atoms with van der Waals surface area (Å²) in [5, 5.41) is 9.04. The molecular formula is C12H12O5. The lowest BCUT2D eigenvalue weighted by Crippen LogP contribution is -2.08. The van der Waals surface area contributed by atoms with Gasteiger partial charge in [0.05, 0.1) is 20.1 Å². The van der Waals surface area contributed by atoms with Crippen molar-refractivity contribution in [3.8, 4) is 11.5 Å². The smallest absolute Gasteiger partial charge is 0.311 e. The maximum atomic E-state index is 11.7. The van der Waals surface area contributed by atoms with Gasteiger partial charge >= 0.3 is 5.97 Å². The Morgan fingerprint density at radius 2 is 1.88 bits per heavy atom. The molecule has 0 amide bonds. The molecule has 1 aliphatic rings. The molecule has 0 spiro atoms. The highest BCUT2D eigenvalue weighted by Gasteiger charge is 2.35. The minimum Gasteiger partial charge on any atom is -0.493 e. The summed E-state index contributed by atoms with van der Waals surface area (Å²) in [6.45, 7) is 0. The number of fused-ring (bicyclic) bond motifs is 1. The number of ketones is 1. The number of Topliss-reactive ketones (excluding diaryl/α,β-unsaturated/α-hetero) is 1. The first-order chi connectivity index (χ1) is 8.08. The van der Waals surface area contributed by atoms with Crippen LogP contribution in [-0.2, 0) is 4.79 Å². The molecule has 17 heavy (non-hydrogen) atoms. The van der Waals surface area contributed by atoms with E-state index >= 15 is 0 Å². The summed E-state index contributed by atoms with van der Waals surface area (Å²) in [6, 6.07) is 3.11. The zero-order valence-electron chi connectivity index (χ0n) is 9.52. The van der Waals surface area contributed by atoms with Crippen LogP contribution in [0.5, 0.6) is 11.5 Å². The molecular weight excluding hydrogens is 224 g/mol. The molecule has 0 saturated carbocycles. The SMILES string of the molecule is COc1cc2c(cc1OC)C(C(=O)O)CC2=O. The summed E-state index contributed by atoms with van der Waals surface area (Å²) in [5.41, 5.74) is 0.912. The molecule has 1 N–H and O–H groups in total. The molecule has 0 radical (unpaired) electrons. The van der Waals surface area contributed by atoms with Gasteiger partial charge in [0.15, 0.2) is 17.3 Å². The Balaban J connectivity index is 2.58. The van der Waals surface area contributed by atoms with Gasteiger partial charge in [-0.05, 0) is 17.7 Å². The van der Waals surface area contributed by atoms with Gasteiger partial charge in [-0.3, -0.25) is 9.59 Å². The Morgan fingerprint density at radius 1 is 1.29 bits per heavy atom. The topological polar surface area (TPSA) is 72.8 Å². The quantitative estimate of drug-likeness (QED) is 0.860. The second-order valence-corrected chi connectivity index (χ2v) is 3.81. The summed E-state index contributed by atoms with van der Waals surface area (Å²) in [6.07, 6.45) is 0.000981. The van der Waals surface area contributed by atoms with Gasteiger partial charge in [-0.15, -0.1) is 0 Å². The van der Waals surface area contributed by atoms with E-state index in [2.05, 4.69) is 0 Å². The predicted molar refractivity (Wildman–Crippen MR) is 58.9 cm³/mol. The maximum Gasteiger partial charge on any atom is 0.311 e. The van der Waals surface area contributed by atoms with Crippen LogP contribution in [-0.4, -0.2) is 31.1 Å². The number of carbonyl (C=O) groups excluding carboxylic acids is 1. The standard InChI is InChI=1S/C12H12O5/c1-16-10-4-6-7(5-11(10)17-2)9(13)3-8(6)12(14)15/h4-5,8H,3H2,1-2H3,(H,14,15). The zero-order valence-corrected chi connectivity index (χ0v) is 9.52. The Bertz CT molecular complexity index is 492. The number of carboxylic acid groups (broad SMARTS) is 1. The summed E-state index contributed by atoms with van der Waals surface area (Å²) < 4.78 is 10.2. The van der Waals surface area contributed by atoms with E-state index in [1.165, 1.54) is 14.2 Å². The van der Waals surface area contributed by atoms with E-state index < -0.39 is 11.9 Å². The molecule has 1 aromatic rings. The van der Waals surface area contributed by atoms with Crippen LogP contribution >= 0.6 is 0 Å². The molecule has 0 heterocycles. The average molecular weight is 236 g/mol. The van der Waals surface area contributed by atoms with Gasteiger partial charge in [-0.25, -0.2) is 0 Å². The molecule has 1 aromatic carbocycles. The molecule has 1 aliphatic carbocycles. The fraction of sp³-hybridized carbons (Fsp3) is 0.333. The van der Waals surface area contributed by atoms with Crippen molar-refractivity contribution < 1.29 is 24.2 Å². The minimum absolute atomic E-state index is 0.000981. The van der Waals surface area contributed by atoms with Crippen molar-refractivity contribution >= 4 is 11.8 Å². The number of aliphatic carboxylic acids is 1. The van der Waals surface area contributed by atoms with Crippen LogP contribution in [0.15, 0.2) is 12.1 Å². The number of rotatable bonds is 3. The number of hydrogen-bond donors (Lipinski definition) is 1. The van der Waals surface area contributed by atoms with E-state index in [9.17, 15) is 9.59 Å². The van der Waals surface area contributed by atoms with Gasteiger partial charge in [0.2, 0.25) is 0 Å². The van der Waals surface area contributed by atoms with Crippen molar-refractivity contribution in [1.82, 2.24) is 0 Å². The lowest BCUT2D eigenvalue weighted by molar-refractivity contribution is -0.138. The van der Waals surface area contributed by atoms with E-state index in [4.69, 9.17) is 14.6 Å². The molecule has 0 aliphatic heterocycles. The third-order valence-electron chi connectivity index (χ3n) is 2.92. The van der Waals surface area contributed by atoms with Crippen molar-refractivity contribution in [1.29, 1.82) is 0 Å². The van der Waals surface area contributed by atoms with E-state index in [0.717, 1.165) is 0 Å². The van der Waals surface area contributed by atoms with Gasteiger partial charge in [0.1, 0.15) is 0 Å². The molecule has 0 bridgehead atoms. The van der Waals surface area contributed by atoms with Crippen LogP contribution in [0.25, 0.3) is 0 Å². The lowest BCUT2D eigenvalue weighted by Gasteiger charge is -2.11. The molecule has 1 atom stereocenters. The monoisotopic (exact) mass is 236 g/mol. The molecule has 5 nitrogen and oxygen atoms in total. The van der Waals surface area contributed by atoms with E-state index in [0.29, 0.717) is 22.6 Å². The van der Waals surface area contributed by atoms with Crippen LogP contribution in [0.4, 0.5) is 0 Å². The normalized spacial score (nSPS) is 17.8. The van der Waals surface area contributed by atoms with Crippen LogP contribution in [0.2, 0.25) is 0 Å². The third kappa shape index (κ3) is 1.73. The molecule has 1 unspecified atom stereocenters. The van der Waals surface area contributed by atoms with Crippen LogP contribution in [0.3, 0.4) is 0 Å². The number of carbonyl (C=O) groups is 2. The first-order valence-corrected chi connectivity index (χ1v) is 5.10. The Morgan fingerprint density at radius 3 is 2.41 bits per heavy atom. The second kappa shape index (κ2) is 4.08. The van der Waals surface area contributed by atoms with Crippen molar-refractivity contribution in [2.75, 3.05) is 14.2 Å². The van der Waals surface area contributed by atoms with Crippen molar-refractivity contribution in [3.63, 3.8) is 0 Å². The maximum absolute atomic E-state index is 11.7. The van der Waals surface area contributed by atoms with E-state index in [1.54, 1.807) is 12.1 Å². The largest absolute Gasteiger partial charge is 0.493 e. The Kier molecular flexibility index (Phi) is 2.75. The first-order valence-electron chi connectivity index (χ1n) is 5.10. The summed E-state index contributed by atoms with van der Waals surface area (Å²) in [4.78, 5) is 22.7. The van der Waals surface area contributed by atoms with Crippen LogP contribution < -0.4 is 9.47 Å². The number of hydrogen-bond acceptors (Lipinski definition) is 4. The molecule has 90 valence electrons. The van der Waals surface area contributed by atoms with Gasteiger partial charge in [0.25, 0.3) is 0 Å². The fourth-order valence-corrected chi connectivity index (χ4v) is 2.05. The summed E-state index contributed by atoms with van der Waals surface area (Å²) in [5.74, 6) is -1.08. The zero-order chi connectivity index (χ0) is 12.6. The summed E-state index contributed by atoms with van der Waals surface area (Å²) in [7, 11) is 2.94. The highest BCUT2D eigenvalue weighted by molar-refractivity contribution is 6.06. The van der Waals surface area contributed by atoms with Gasteiger partial charge in [-0.2, -0.15) is 0 Å². The second-order valence-electron chi connectivity index (χ2n) is 3.81. The predicted octanol–water partition coefficient (Wildman–Crippen LogP) is 1.46. The number of carboxylic acids is 1. The molecule has 0 saturated heterocycles. The van der Waals surface area contributed by atoms with Crippen LogP contribution in [0.1, 0.15) is 28.3 Å². The molecule has 0 fully saturated rings. The highest BCUT2D eigenvalue weighted by Crippen LogP contribution is 2.40. The van der Waals surface area contributed by atoms with Crippen molar-refractivity contribution in [2.45, 2.75) is 12.3 Å². The molecule has 0 aromatic heterocycles. The average Bonchev–Trinajstić information content (AvgIpc) is 2.64. The first kappa shape index (κ1) is 11.4. The minimum atomic E-state index is -0.996. The lowest BCUT2D eigenvalue weighted by atomic mass is 10.0. The number of ether oxygens (including phenoxy) is 2. The fourth-order valence-electron chi connectivity index (χ4n) is 2.05. The van der Waals surface area contributed by atoms with E-state index in [-0.39, 0.29) is 12.2 Å². The molecule has 5 heteroatoms. The van der Waals surface area contributed by atoms with Gasteiger partial charge < -0.3 is 14.6 Å². The summed E-state index contributed by atoms with van der Waals surface area (Å²) >= 11 is 0. The van der Waals surface area contributed by atoms with Gasteiger partial charge in [-0.1, -0.05) is 0 Å². The van der Waals surface area contributed by atoms with Crippen LogP contribution in [0, 0.1) is 0 Å². The Labute approximate surface area is 98.0 Å². The van der Waals surface area contributed by atoms with Gasteiger partial charge in [0, 0.05) is 12.0 Å². The van der Waals surface area contributed by atoms with E-state index in [1.807, 2.05) is 0 Å². The Hall–Kier alpha value is -2.04. The van der Waals surface area contributed by atoms with Crippen molar-refractivity contribution in [2.24, 2.45) is 0 Å². The van der Waals surface area contributed by atoms with Crippen molar-refractivity contribution in [3.05, 3.63) is 23.3 Å².